The third-order valence-electron chi connectivity index (χ3n) is 2.02. The summed E-state index contributed by atoms with van der Waals surface area (Å²) in [7, 11) is -2.37. The first-order valence-corrected chi connectivity index (χ1v) is 7.88. The molecule has 0 amide bonds. The van der Waals surface area contributed by atoms with Gasteiger partial charge in [-0.15, -0.1) is 5.48 Å². The van der Waals surface area contributed by atoms with Crippen LogP contribution in [0.15, 0.2) is 0 Å². The minimum Gasteiger partial charge on any atom is -0.462 e. The average Bonchev–Trinajstić information content (AvgIpc) is 2.33. The highest BCUT2D eigenvalue weighted by molar-refractivity contribution is 7.36. The van der Waals surface area contributed by atoms with E-state index in [4.69, 9.17) is 14.1 Å². The predicted octanol–water partition coefficient (Wildman–Crippen LogP) is 1.43. The van der Waals surface area contributed by atoms with E-state index in [1.807, 2.05) is 0 Å². The standard InChI is InChI=1S/C12H24N2O6P/c1-7(2)18-11(15)9(5)13-20-21(17)14-10(6)12(16)19-8(3)4/h7-10,13H,1-6H3,(H,14,17)/q+1/t9-,10-/m0/s1. The highest BCUT2D eigenvalue weighted by Crippen LogP contribution is 2.16. The molecule has 0 aromatic carbocycles. The first-order chi connectivity index (χ1) is 9.63. The summed E-state index contributed by atoms with van der Waals surface area (Å²) in [5.41, 5.74) is 2.30. The van der Waals surface area contributed by atoms with E-state index in [1.165, 1.54) is 13.8 Å². The molecule has 0 rings (SSSR count). The molecule has 0 aliphatic carbocycles. The van der Waals surface area contributed by atoms with Crippen molar-refractivity contribution in [3.8, 4) is 0 Å². The van der Waals surface area contributed by atoms with Crippen molar-refractivity contribution in [2.45, 2.75) is 65.8 Å². The van der Waals surface area contributed by atoms with E-state index < -0.39 is 32.2 Å². The molecule has 0 bridgehead atoms. The molecule has 21 heavy (non-hydrogen) atoms. The second-order valence-electron chi connectivity index (χ2n) is 5.01. The van der Waals surface area contributed by atoms with Gasteiger partial charge in [-0.25, -0.2) is 0 Å². The summed E-state index contributed by atoms with van der Waals surface area (Å²) < 4.78 is 26.2. The molecule has 0 fully saturated rings. The molecule has 0 aliphatic rings. The molecule has 122 valence electrons. The molecule has 0 aliphatic heterocycles. The number of hydrogen-bond donors (Lipinski definition) is 2. The number of ether oxygens (including phenoxy) is 2. The molecule has 1 unspecified atom stereocenters. The van der Waals surface area contributed by atoms with Crippen molar-refractivity contribution in [2.75, 3.05) is 0 Å². The number of hydroxylamine groups is 1. The van der Waals surface area contributed by atoms with Gasteiger partial charge >= 0.3 is 20.1 Å². The largest absolute Gasteiger partial charge is 0.632 e. The summed E-state index contributed by atoms with van der Waals surface area (Å²) in [4.78, 5) is 23.0. The lowest BCUT2D eigenvalue weighted by molar-refractivity contribution is -0.152. The molecule has 0 aromatic heterocycles. The summed E-state index contributed by atoms with van der Waals surface area (Å²) >= 11 is 0. The van der Waals surface area contributed by atoms with Crippen LogP contribution in [0.4, 0.5) is 0 Å². The van der Waals surface area contributed by atoms with Crippen LogP contribution < -0.4 is 10.6 Å². The Morgan fingerprint density at radius 1 is 0.857 bits per heavy atom. The van der Waals surface area contributed by atoms with Crippen LogP contribution in [0.25, 0.3) is 0 Å². The van der Waals surface area contributed by atoms with Crippen LogP contribution >= 0.6 is 8.18 Å². The van der Waals surface area contributed by atoms with Crippen LogP contribution in [0.3, 0.4) is 0 Å². The fraction of sp³-hybridized carbons (Fsp3) is 0.833. The van der Waals surface area contributed by atoms with Crippen LogP contribution in [-0.4, -0.2) is 36.2 Å². The van der Waals surface area contributed by atoms with Crippen molar-refractivity contribution >= 4 is 20.1 Å². The number of carbonyl (C=O) groups is 2. The Bertz CT molecular complexity index is 375. The average molecular weight is 323 g/mol. The second-order valence-corrected chi connectivity index (χ2v) is 5.96. The molecule has 0 saturated heterocycles. The topological polar surface area (TPSA) is 103 Å². The zero-order chi connectivity index (χ0) is 16.6. The predicted molar refractivity (Wildman–Crippen MR) is 76.3 cm³/mol. The number of esters is 2. The molecule has 9 heteroatoms. The molecular formula is C12H24N2O6P+. The molecule has 0 heterocycles. The normalized spacial score (nSPS) is 14.8. The Morgan fingerprint density at radius 3 is 1.71 bits per heavy atom. The molecule has 0 aromatic rings. The van der Waals surface area contributed by atoms with Crippen LogP contribution in [0, 0.1) is 0 Å². The van der Waals surface area contributed by atoms with E-state index in [9.17, 15) is 14.2 Å². The zero-order valence-electron chi connectivity index (χ0n) is 13.2. The summed E-state index contributed by atoms with van der Waals surface area (Å²) in [6, 6.07) is -1.58. The smallest absolute Gasteiger partial charge is 0.462 e. The molecular weight excluding hydrogens is 299 g/mol. The summed E-state index contributed by atoms with van der Waals surface area (Å²) in [5.74, 6) is -1.06. The van der Waals surface area contributed by atoms with Crippen LogP contribution in [-0.2, 0) is 28.3 Å². The highest BCUT2D eigenvalue weighted by atomic mass is 31.1. The van der Waals surface area contributed by atoms with Crippen molar-refractivity contribution in [2.24, 2.45) is 0 Å². The van der Waals surface area contributed by atoms with E-state index in [2.05, 4.69) is 10.6 Å². The Kier molecular flexibility index (Phi) is 9.28. The van der Waals surface area contributed by atoms with Gasteiger partial charge in [-0.05, 0) is 50.7 Å². The van der Waals surface area contributed by atoms with Gasteiger partial charge in [-0.2, -0.15) is 0 Å². The van der Waals surface area contributed by atoms with E-state index >= 15 is 0 Å². The van der Waals surface area contributed by atoms with Crippen molar-refractivity contribution < 1.29 is 28.3 Å². The zero-order valence-corrected chi connectivity index (χ0v) is 14.1. The van der Waals surface area contributed by atoms with Crippen LogP contribution in [0.1, 0.15) is 41.5 Å². The maximum atomic E-state index is 11.6. The van der Waals surface area contributed by atoms with Crippen molar-refractivity contribution in [1.29, 1.82) is 0 Å². The van der Waals surface area contributed by atoms with Gasteiger partial charge in [0.05, 0.1) is 12.2 Å². The third kappa shape index (κ3) is 9.47. The lowest BCUT2D eigenvalue weighted by Crippen LogP contribution is -2.37. The first kappa shape index (κ1) is 19.9. The Hall–Kier alpha value is -1.08. The van der Waals surface area contributed by atoms with E-state index in [0.29, 0.717) is 0 Å². The van der Waals surface area contributed by atoms with Gasteiger partial charge in [-0.1, -0.05) is 5.09 Å². The lowest BCUT2D eigenvalue weighted by Gasteiger charge is -2.12. The second kappa shape index (κ2) is 9.78. The Labute approximate surface area is 125 Å². The van der Waals surface area contributed by atoms with Crippen LogP contribution in [0.2, 0.25) is 0 Å². The number of nitrogens with one attached hydrogen (secondary N) is 2. The molecule has 0 saturated carbocycles. The molecule has 3 atom stereocenters. The van der Waals surface area contributed by atoms with Crippen LogP contribution in [0.5, 0.6) is 0 Å². The molecule has 0 spiro atoms. The lowest BCUT2D eigenvalue weighted by atomic mass is 10.3. The fourth-order valence-corrected chi connectivity index (χ4v) is 1.81. The SMILES string of the molecule is CC(C)OC(=O)[C@H](C)NO[P+](=O)N[C@@H](C)C(=O)OC(C)C. The van der Waals surface area contributed by atoms with E-state index in [0.717, 1.165) is 0 Å². The fourth-order valence-electron chi connectivity index (χ4n) is 1.08. The summed E-state index contributed by atoms with van der Waals surface area (Å²) in [6.07, 6.45) is -0.510. The monoisotopic (exact) mass is 323 g/mol. The van der Waals surface area contributed by atoms with Gasteiger partial charge in [0.25, 0.3) is 0 Å². The molecule has 0 radical (unpaired) electrons. The maximum absolute atomic E-state index is 11.6. The number of carbonyl (C=O) groups excluding carboxylic acids is 2. The number of rotatable bonds is 9. The minimum absolute atomic E-state index is 0.250. The van der Waals surface area contributed by atoms with Crippen molar-refractivity contribution in [3.63, 3.8) is 0 Å². The third-order valence-corrected chi connectivity index (χ3v) is 2.89. The van der Waals surface area contributed by atoms with Gasteiger partial charge in [-0.3, -0.25) is 9.59 Å². The summed E-state index contributed by atoms with van der Waals surface area (Å²) in [5, 5.41) is 2.42. The van der Waals surface area contributed by atoms with Gasteiger partial charge in [0.2, 0.25) is 0 Å². The first-order valence-electron chi connectivity index (χ1n) is 6.70. The van der Waals surface area contributed by atoms with Gasteiger partial charge in [0, 0.05) is 0 Å². The van der Waals surface area contributed by atoms with Gasteiger partial charge in [0.15, 0.2) is 0 Å². The Morgan fingerprint density at radius 2 is 1.29 bits per heavy atom. The van der Waals surface area contributed by atoms with Crippen molar-refractivity contribution in [1.82, 2.24) is 10.6 Å². The number of hydrogen-bond acceptors (Lipinski definition) is 7. The van der Waals surface area contributed by atoms with Gasteiger partial charge < -0.3 is 9.47 Å². The summed E-state index contributed by atoms with van der Waals surface area (Å²) in [6.45, 7) is 9.86. The molecule has 2 N–H and O–H groups in total. The molecule has 8 nitrogen and oxygen atoms in total. The maximum Gasteiger partial charge on any atom is 0.632 e. The quantitative estimate of drug-likeness (QED) is 0.373. The highest BCUT2D eigenvalue weighted by Gasteiger charge is 2.30. The minimum atomic E-state index is -2.37. The van der Waals surface area contributed by atoms with Crippen molar-refractivity contribution in [3.05, 3.63) is 0 Å². The Balaban J connectivity index is 4.09. The van der Waals surface area contributed by atoms with Gasteiger partial charge in [0.1, 0.15) is 12.1 Å². The van der Waals surface area contributed by atoms with E-state index in [-0.39, 0.29) is 12.2 Å². The van der Waals surface area contributed by atoms with E-state index in [1.54, 1.807) is 27.7 Å².